The van der Waals surface area contributed by atoms with Gasteiger partial charge in [0.15, 0.2) is 0 Å². The van der Waals surface area contributed by atoms with E-state index >= 15 is 0 Å². The van der Waals surface area contributed by atoms with Crippen molar-refractivity contribution in [3.8, 4) is 5.75 Å². The predicted molar refractivity (Wildman–Crippen MR) is 82.9 cm³/mol. The maximum absolute atomic E-state index is 13.3. The zero-order valence-corrected chi connectivity index (χ0v) is 13.3. The molecule has 3 heteroatoms. The van der Waals surface area contributed by atoms with Crippen LogP contribution in [0.3, 0.4) is 0 Å². The van der Waals surface area contributed by atoms with Crippen LogP contribution < -0.4 is 10.1 Å². The lowest BCUT2D eigenvalue weighted by Gasteiger charge is -2.20. The zero-order valence-electron chi connectivity index (χ0n) is 13.3. The number of rotatable bonds is 8. The second kappa shape index (κ2) is 8.25. The number of aryl methyl sites for hydroxylation is 1. The molecule has 0 unspecified atom stereocenters. The maximum Gasteiger partial charge on any atom is 0.129 e. The third-order valence-corrected chi connectivity index (χ3v) is 3.14. The van der Waals surface area contributed by atoms with Crippen LogP contribution in [0.25, 0.3) is 0 Å². The van der Waals surface area contributed by atoms with Gasteiger partial charge in [-0.1, -0.05) is 18.9 Å². The summed E-state index contributed by atoms with van der Waals surface area (Å²) < 4.78 is 18.9. The van der Waals surface area contributed by atoms with Crippen molar-refractivity contribution in [3.05, 3.63) is 29.6 Å². The van der Waals surface area contributed by atoms with Crippen molar-refractivity contribution in [3.63, 3.8) is 0 Å². The first kappa shape index (κ1) is 17.0. The molecule has 2 nitrogen and oxygen atoms in total. The quantitative estimate of drug-likeness (QED) is 0.710. The van der Waals surface area contributed by atoms with Gasteiger partial charge in [-0.15, -0.1) is 0 Å². The molecule has 0 aliphatic heterocycles. The van der Waals surface area contributed by atoms with E-state index in [4.69, 9.17) is 4.74 Å². The predicted octanol–water partition coefficient (Wildman–Crippen LogP) is 4.46. The number of unbranched alkanes of at least 4 members (excludes halogenated alkanes) is 3. The van der Waals surface area contributed by atoms with Crippen molar-refractivity contribution in [2.24, 2.45) is 0 Å². The van der Waals surface area contributed by atoms with Gasteiger partial charge in [0, 0.05) is 11.6 Å². The molecule has 0 radical (unpaired) electrons. The average molecular weight is 281 g/mol. The van der Waals surface area contributed by atoms with Crippen molar-refractivity contribution in [2.45, 2.75) is 58.9 Å². The van der Waals surface area contributed by atoms with Crippen molar-refractivity contribution in [2.75, 3.05) is 13.2 Å². The van der Waals surface area contributed by atoms with Crippen LogP contribution >= 0.6 is 0 Å². The summed E-state index contributed by atoms with van der Waals surface area (Å²) in [7, 11) is 0. The van der Waals surface area contributed by atoms with Crippen LogP contribution in [0, 0.1) is 12.7 Å². The number of halogens is 1. The Bertz CT molecular complexity index is 398. The molecule has 0 bridgehead atoms. The highest BCUT2D eigenvalue weighted by molar-refractivity contribution is 5.27. The van der Waals surface area contributed by atoms with Crippen molar-refractivity contribution in [1.29, 1.82) is 0 Å². The first-order valence-corrected chi connectivity index (χ1v) is 7.52. The third-order valence-electron chi connectivity index (χ3n) is 3.14. The topological polar surface area (TPSA) is 21.3 Å². The molecule has 0 aliphatic rings. The Hall–Kier alpha value is -1.09. The minimum atomic E-state index is -0.198. The summed E-state index contributed by atoms with van der Waals surface area (Å²) in [6.45, 7) is 10.0. The van der Waals surface area contributed by atoms with E-state index in [1.165, 1.54) is 18.9 Å². The summed E-state index contributed by atoms with van der Waals surface area (Å²) in [5.74, 6) is 0.429. The summed E-state index contributed by atoms with van der Waals surface area (Å²) >= 11 is 0. The van der Waals surface area contributed by atoms with Crippen LogP contribution in [0.5, 0.6) is 5.75 Å². The second-order valence-corrected chi connectivity index (χ2v) is 6.35. The molecule has 0 fully saturated rings. The Morgan fingerprint density at radius 3 is 2.45 bits per heavy atom. The molecule has 0 spiro atoms. The minimum Gasteiger partial charge on any atom is -0.493 e. The first-order valence-electron chi connectivity index (χ1n) is 7.52. The van der Waals surface area contributed by atoms with Gasteiger partial charge in [0.1, 0.15) is 11.6 Å². The van der Waals surface area contributed by atoms with Gasteiger partial charge in [0.2, 0.25) is 0 Å². The van der Waals surface area contributed by atoms with E-state index in [-0.39, 0.29) is 11.4 Å². The number of benzene rings is 1. The third kappa shape index (κ3) is 7.49. The molecule has 0 aliphatic carbocycles. The molecule has 0 saturated carbocycles. The molecule has 1 rings (SSSR count). The van der Waals surface area contributed by atoms with E-state index in [1.54, 1.807) is 13.0 Å². The number of hydrogen-bond donors (Lipinski definition) is 1. The number of nitrogens with one attached hydrogen (secondary N) is 1. The lowest BCUT2D eigenvalue weighted by atomic mass is 10.1. The monoisotopic (exact) mass is 281 g/mol. The zero-order chi connectivity index (χ0) is 15.0. The lowest BCUT2D eigenvalue weighted by molar-refractivity contribution is 0.302. The van der Waals surface area contributed by atoms with Crippen molar-refractivity contribution in [1.82, 2.24) is 5.32 Å². The molecule has 0 amide bonds. The van der Waals surface area contributed by atoms with Gasteiger partial charge in [0.05, 0.1) is 6.61 Å². The van der Waals surface area contributed by atoms with E-state index < -0.39 is 0 Å². The van der Waals surface area contributed by atoms with Gasteiger partial charge >= 0.3 is 0 Å². The Kier molecular flexibility index (Phi) is 7.00. The molecule has 0 aromatic heterocycles. The average Bonchev–Trinajstić information content (AvgIpc) is 2.35. The Balaban J connectivity index is 2.03. The summed E-state index contributed by atoms with van der Waals surface area (Å²) in [5.41, 5.74) is 0.863. The van der Waals surface area contributed by atoms with Gasteiger partial charge < -0.3 is 10.1 Å². The Labute approximate surface area is 122 Å². The standard InChI is InChI=1S/C17H28FNO/c1-14-9-10-15(13-16(14)18)20-12-8-6-5-7-11-19-17(2,3)4/h9-10,13,19H,5-8,11-12H2,1-4H3. The maximum atomic E-state index is 13.3. The van der Waals surface area contributed by atoms with Crippen LogP contribution in [0.2, 0.25) is 0 Å². The number of ether oxygens (including phenoxy) is 1. The normalized spacial score (nSPS) is 11.7. The lowest BCUT2D eigenvalue weighted by Crippen LogP contribution is -2.36. The summed E-state index contributed by atoms with van der Waals surface area (Å²) in [6, 6.07) is 5.04. The van der Waals surface area contributed by atoms with E-state index in [0.29, 0.717) is 17.9 Å². The molecule has 0 heterocycles. The van der Waals surface area contributed by atoms with E-state index in [1.807, 2.05) is 6.07 Å². The summed E-state index contributed by atoms with van der Waals surface area (Å²) in [6.07, 6.45) is 4.57. The number of hydrogen-bond acceptors (Lipinski definition) is 2. The van der Waals surface area contributed by atoms with Crippen LogP contribution in [0.1, 0.15) is 52.0 Å². The smallest absolute Gasteiger partial charge is 0.129 e. The molecular formula is C17H28FNO. The van der Waals surface area contributed by atoms with Gasteiger partial charge in [0.25, 0.3) is 0 Å². The Morgan fingerprint density at radius 1 is 1.10 bits per heavy atom. The minimum absolute atomic E-state index is 0.198. The van der Waals surface area contributed by atoms with Crippen LogP contribution in [-0.2, 0) is 0 Å². The Morgan fingerprint density at radius 2 is 1.80 bits per heavy atom. The van der Waals surface area contributed by atoms with Gasteiger partial charge in [-0.2, -0.15) is 0 Å². The highest BCUT2D eigenvalue weighted by atomic mass is 19.1. The molecule has 20 heavy (non-hydrogen) atoms. The molecule has 1 N–H and O–H groups in total. The summed E-state index contributed by atoms with van der Waals surface area (Å²) in [4.78, 5) is 0. The molecule has 0 saturated heterocycles. The highest BCUT2D eigenvalue weighted by Gasteiger charge is 2.06. The largest absolute Gasteiger partial charge is 0.493 e. The van der Waals surface area contributed by atoms with E-state index in [2.05, 4.69) is 26.1 Å². The first-order chi connectivity index (χ1) is 9.38. The van der Waals surface area contributed by atoms with Crippen LogP contribution in [0.15, 0.2) is 18.2 Å². The van der Waals surface area contributed by atoms with Crippen molar-refractivity contribution < 1.29 is 9.13 Å². The molecule has 0 atom stereocenters. The fourth-order valence-corrected chi connectivity index (χ4v) is 1.90. The van der Waals surface area contributed by atoms with Gasteiger partial charge in [-0.25, -0.2) is 4.39 Å². The summed E-state index contributed by atoms with van der Waals surface area (Å²) in [5, 5.41) is 3.48. The SMILES string of the molecule is Cc1ccc(OCCCCCCNC(C)(C)C)cc1F. The second-order valence-electron chi connectivity index (χ2n) is 6.35. The highest BCUT2D eigenvalue weighted by Crippen LogP contribution is 2.16. The van der Waals surface area contributed by atoms with E-state index in [9.17, 15) is 4.39 Å². The van der Waals surface area contributed by atoms with Crippen LogP contribution in [0.4, 0.5) is 4.39 Å². The van der Waals surface area contributed by atoms with Crippen LogP contribution in [-0.4, -0.2) is 18.7 Å². The fraction of sp³-hybridized carbons (Fsp3) is 0.647. The molecule has 1 aromatic rings. The van der Waals surface area contributed by atoms with E-state index in [0.717, 1.165) is 19.4 Å². The van der Waals surface area contributed by atoms with Gasteiger partial charge in [-0.05, 0) is 58.7 Å². The van der Waals surface area contributed by atoms with Gasteiger partial charge in [-0.3, -0.25) is 0 Å². The van der Waals surface area contributed by atoms with Crippen molar-refractivity contribution >= 4 is 0 Å². The fourth-order valence-electron chi connectivity index (χ4n) is 1.90. The molecule has 1 aromatic carbocycles. The molecular weight excluding hydrogens is 253 g/mol. The molecule has 114 valence electrons.